The average Bonchev–Trinajstić information content (AvgIpc) is 2.56. The monoisotopic (exact) mass is 375 g/mol. The first-order valence-electron chi connectivity index (χ1n) is 9.28. The van der Waals surface area contributed by atoms with Crippen molar-refractivity contribution in [3.8, 4) is 0 Å². The number of aromatic nitrogens is 3. The smallest absolute Gasteiger partial charge is 0.229 e. The third-order valence-corrected chi connectivity index (χ3v) is 4.55. The Balaban J connectivity index is 2.21. The highest BCUT2D eigenvalue weighted by Crippen LogP contribution is 2.39. The number of piperidine rings is 1. The minimum atomic E-state index is -0.116. The van der Waals surface area contributed by atoms with E-state index in [1.54, 1.807) is 19.3 Å². The minimum Gasteiger partial charge on any atom is -0.351 e. The van der Waals surface area contributed by atoms with Gasteiger partial charge in [0.05, 0.1) is 7.11 Å². The molecule has 0 amide bonds. The van der Waals surface area contributed by atoms with Crippen molar-refractivity contribution in [1.82, 2.24) is 20.0 Å². The van der Waals surface area contributed by atoms with Gasteiger partial charge in [0.25, 0.3) is 0 Å². The van der Waals surface area contributed by atoms with Crippen molar-refractivity contribution in [2.75, 3.05) is 36.1 Å². The molecule has 1 aliphatic rings. The highest BCUT2D eigenvalue weighted by molar-refractivity contribution is 5.43. The molecule has 150 valence electrons. The van der Waals surface area contributed by atoms with Crippen LogP contribution in [-0.2, 0) is 4.84 Å². The van der Waals surface area contributed by atoms with Gasteiger partial charge in [0.15, 0.2) is 0 Å². The third-order valence-electron chi connectivity index (χ3n) is 4.55. The van der Waals surface area contributed by atoms with Crippen LogP contribution in [0.3, 0.4) is 0 Å². The Morgan fingerprint density at radius 3 is 1.81 bits per heavy atom. The zero-order chi connectivity index (χ0) is 20.1. The van der Waals surface area contributed by atoms with Crippen molar-refractivity contribution >= 4 is 17.8 Å². The van der Waals surface area contributed by atoms with Gasteiger partial charge >= 0.3 is 0 Å². The summed E-state index contributed by atoms with van der Waals surface area (Å²) in [5, 5.41) is 11.8. The van der Waals surface area contributed by atoms with Crippen molar-refractivity contribution in [1.29, 1.82) is 0 Å². The van der Waals surface area contributed by atoms with Crippen LogP contribution in [0.2, 0.25) is 0 Å². The maximum absolute atomic E-state index is 5.67. The Bertz CT molecular complexity index is 611. The number of nitrogens with one attached hydrogen (secondary N) is 3. The van der Waals surface area contributed by atoms with Crippen LogP contribution in [-0.4, -0.2) is 57.3 Å². The number of hydrogen-bond donors (Lipinski definition) is 3. The topological polar surface area (TPSA) is 87.2 Å². The fourth-order valence-electron chi connectivity index (χ4n) is 3.97. The lowest BCUT2D eigenvalue weighted by Crippen LogP contribution is -2.62. The van der Waals surface area contributed by atoms with Crippen LogP contribution in [0.25, 0.3) is 0 Å². The molecule has 0 aromatic carbocycles. The van der Waals surface area contributed by atoms with E-state index in [0.29, 0.717) is 30.9 Å². The molecule has 1 saturated heterocycles. The van der Waals surface area contributed by atoms with Crippen LogP contribution < -0.4 is 16.0 Å². The second-order valence-corrected chi connectivity index (χ2v) is 8.00. The first-order chi connectivity index (χ1) is 12.7. The molecule has 0 saturated carbocycles. The van der Waals surface area contributed by atoms with E-state index in [4.69, 9.17) is 4.84 Å². The third kappa shape index (κ3) is 5.40. The van der Waals surface area contributed by atoms with E-state index in [1.165, 1.54) is 0 Å². The summed E-state index contributed by atoms with van der Waals surface area (Å²) in [6, 6.07) is 0.211. The van der Waals surface area contributed by atoms with Crippen LogP contribution in [0.1, 0.15) is 40.5 Å². The van der Waals surface area contributed by atoms with Crippen molar-refractivity contribution in [2.24, 2.45) is 0 Å². The average molecular weight is 376 g/mol. The van der Waals surface area contributed by atoms with Crippen LogP contribution in [0.4, 0.5) is 17.8 Å². The molecule has 0 aliphatic carbocycles. The Kier molecular flexibility index (Phi) is 6.78. The molecule has 0 bridgehead atoms. The van der Waals surface area contributed by atoms with Gasteiger partial charge in [-0.15, -0.1) is 13.2 Å². The second kappa shape index (κ2) is 8.67. The molecule has 1 aliphatic heterocycles. The van der Waals surface area contributed by atoms with Crippen molar-refractivity contribution in [2.45, 2.75) is 57.7 Å². The molecule has 27 heavy (non-hydrogen) atoms. The predicted molar refractivity (Wildman–Crippen MR) is 111 cm³/mol. The molecule has 3 N–H and O–H groups in total. The fourth-order valence-corrected chi connectivity index (χ4v) is 3.97. The largest absolute Gasteiger partial charge is 0.351 e. The fraction of sp³-hybridized carbons (Fsp3) is 0.632. The number of rotatable bonds is 9. The first kappa shape index (κ1) is 21.1. The van der Waals surface area contributed by atoms with E-state index in [1.807, 2.05) is 0 Å². The molecule has 0 radical (unpaired) electrons. The Morgan fingerprint density at radius 2 is 1.41 bits per heavy atom. The molecular formula is C19H33N7O. The molecule has 1 aromatic heterocycles. The quantitative estimate of drug-likeness (QED) is 0.568. The number of nitrogens with zero attached hydrogens (tertiary/aromatic N) is 4. The summed E-state index contributed by atoms with van der Waals surface area (Å²) < 4.78 is 0. The molecule has 1 fully saturated rings. The molecule has 8 nitrogen and oxygen atoms in total. The van der Waals surface area contributed by atoms with E-state index in [-0.39, 0.29) is 17.1 Å². The highest BCUT2D eigenvalue weighted by Gasteiger charge is 2.46. The lowest BCUT2D eigenvalue weighted by molar-refractivity contribution is -0.265. The van der Waals surface area contributed by atoms with Gasteiger partial charge in [0.1, 0.15) is 0 Å². The summed E-state index contributed by atoms with van der Waals surface area (Å²) in [6.45, 7) is 17.3. The van der Waals surface area contributed by atoms with Gasteiger partial charge in [-0.1, -0.05) is 12.2 Å². The molecule has 0 unspecified atom stereocenters. The number of hydroxylamine groups is 2. The number of hydrogen-bond acceptors (Lipinski definition) is 8. The van der Waals surface area contributed by atoms with Gasteiger partial charge < -0.3 is 20.8 Å². The Morgan fingerprint density at radius 1 is 0.963 bits per heavy atom. The standard InChI is InChI=1S/C19H33N7O/c1-8-10-20-15-23-16(21-11-9-2)25-17(24-15)22-14-12-18(3,4)26(27-7)19(5,6)13-14/h8-9,14H,1-2,10-13H2,3-7H3,(H3,20,21,22,23,24,25). The highest BCUT2D eigenvalue weighted by atomic mass is 16.7. The maximum Gasteiger partial charge on any atom is 0.229 e. The SMILES string of the molecule is C=CCNc1nc(NCC=C)nc(NC2CC(C)(C)N(OC)C(C)(C)C2)n1. The summed E-state index contributed by atoms with van der Waals surface area (Å²) in [6.07, 6.45) is 5.33. The molecule has 0 spiro atoms. The van der Waals surface area contributed by atoms with E-state index >= 15 is 0 Å². The zero-order valence-electron chi connectivity index (χ0n) is 17.2. The lowest BCUT2D eigenvalue weighted by atomic mass is 9.79. The van der Waals surface area contributed by atoms with Crippen molar-refractivity contribution < 1.29 is 4.84 Å². The summed E-state index contributed by atoms with van der Waals surface area (Å²) in [5.74, 6) is 1.56. The maximum atomic E-state index is 5.67. The van der Waals surface area contributed by atoms with Gasteiger partial charge in [0.2, 0.25) is 17.8 Å². The molecular weight excluding hydrogens is 342 g/mol. The van der Waals surface area contributed by atoms with Crippen molar-refractivity contribution in [3.63, 3.8) is 0 Å². The lowest BCUT2D eigenvalue weighted by Gasteiger charge is -2.53. The van der Waals surface area contributed by atoms with Gasteiger partial charge in [-0.3, -0.25) is 0 Å². The van der Waals surface area contributed by atoms with Gasteiger partial charge in [-0.25, -0.2) is 0 Å². The predicted octanol–water partition coefficient (Wildman–Crippen LogP) is 3.06. The normalized spacial score (nSPS) is 19.3. The first-order valence-corrected chi connectivity index (χ1v) is 9.28. The number of anilines is 3. The van der Waals surface area contributed by atoms with Gasteiger partial charge in [-0.05, 0) is 40.5 Å². The van der Waals surface area contributed by atoms with E-state index in [0.717, 1.165) is 12.8 Å². The summed E-state index contributed by atoms with van der Waals surface area (Å²) in [7, 11) is 1.73. The Labute approximate surface area is 162 Å². The minimum absolute atomic E-state index is 0.116. The van der Waals surface area contributed by atoms with Crippen LogP contribution in [0, 0.1) is 0 Å². The van der Waals surface area contributed by atoms with Crippen LogP contribution in [0.15, 0.2) is 25.3 Å². The van der Waals surface area contributed by atoms with Gasteiger partial charge in [-0.2, -0.15) is 20.0 Å². The van der Waals surface area contributed by atoms with Crippen LogP contribution in [0.5, 0.6) is 0 Å². The zero-order valence-corrected chi connectivity index (χ0v) is 17.2. The van der Waals surface area contributed by atoms with Crippen molar-refractivity contribution in [3.05, 3.63) is 25.3 Å². The molecule has 2 rings (SSSR count). The summed E-state index contributed by atoms with van der Waals surface area (Å²) in [5.41, 5.74) is -0.232. The molecule has 2 heterocycles. The molecule has 8 heteroatoms. The van der Waals surface area contributed by atoms with E-state index in [2.05, 4.69) is 76.8 Å². The van der Waals surface area contributed by atoms with E-state index < -0.39 is 0 Å². The molecule has 1 aromatic rings. The van der Waals surface area contributed by atoms with E-state index in [9.17, 15) is 0 Å². The Hall–Kier alpha value is -2.19. The molecule has 0 atom stereocenters. The summed E-state index contributed by atoms with van der Waals surface area (Å²) >= 11 is 0. The second-order valence-electron chi connectivity index (χ2n) is 8.00. The summed E-state index contributed by atoms with van der Waals surface area (Å²) in [4.78, 5) is 19.1. The van der Waals surface area contributed by atoms with Gasteiger partial charge in [0, 0.05) is 30.2 Å². The van der Waals surface area contributed by atoms with Crippen LogP contribution >= 0.6 is 0 Å².